The van der Waals surface area contributed by atoms with Crippen molar-refractivity contribution in [2.75, 3.05) is 12.4 Å². The van der Waals surface area contributed by atoms with E-state index in [9.17, 15) is 9.59 Å². The Bertz CT molecular complexity index is 1070. The summed E-state index contributed by atoms with van der Waals surface area (Å²) in [6, 6.07) is 22.6. The number of methoxy groups -OCH3 is 1. The number of hydrogen-bond donors (Lipinski definition) is 1. The van der Waals surface area contributed by atoms with Crippen molar-refractivity contribution in [1.82, 2.24) is 4.90 Å². The van der Waals surface area contributed by atoms with Crippen molar-refractivity contribution in [2.24, 2.45) is 0 Å². The molecule has 0 fully saturated rings. The highest BCUT2D eigenvalue weighted by atomic mass is 16.5. The third kappa shape index (κ3) is 4.45. The highest BCUT2D eigenvalue weighted by Gasteiger charge is 2.34. The van der Waals surface area contributed by atoms with Gasteiger partial charge in [-0.1, -0.05) is 49.4 Å². The molecule has 0 saturated heterocycles. The van der Waals surface area contributed by atoms with E-state index in [4.69, 9.17) is 4.74 Å². The van der Waals surface area contributed by atoms with Crippen molar-refractivity contribution < 1.29 is 14.3 Å². The van der Waals surface area contributed by atoms with Gasteiger partial charge in [-0.05, 0) is 53.4 Å². The molecule has 158 valence electrons. The van der Waals surface area contributed by atoms with Gasteiger partial charge < -0.3 is 15.0 Å². The second-order valence-corrected chi connectivity index (χ2v) is 7.68. The van der Waals surface area contributed by atoms with Crippen LogP contribution in [0.3, 0.4) is 0 Å². The smallest absolute Gasteiger partial charge is 0.255 e. The molecular formula is C26H26N2O3. The number of fused-ring (bicyclic) bond motifs is 1. The summed E-state index contributed by atoms with van der Waals surface area (Å²) in [5, 5.41) is 2.97. The molecule has 5 nitrogen and oxygen atoms in total. The largest absolute Gasteiger partial charge is 0.497 e. The maximum atomic E-state index is 13.1. The Kier molecular flexibility index (Phi) is 6.03. The molecule has 31 heavy (non-hydrogen) atoms. The van der Waals surface area contributed by atoms with Gasteiger partial charge in [0.2, 0.25) is 5.91 Å². The van der Waals surface area contributed by atoms with Crippen LogP contribution in [0, 0.1) is 0 Å². The van der Waals surface area contributed by atoms with Gasteiger partial charge >= 0.3 is 0 Å². The molecule has 1 aliphatic heterocycles. The Morgan fingerprint density at radius 3 is 2.39 bits per heavy atom. The first-order chi connectivity index (χ1) is 15.1. The molecule has 3 aromatic rings. The van der Waals surface area contributed by atoms with Gasteiger partial charge in [-0.2, -0.15) is 0 Å². The quantitative estimate of drug-likeness (QED) is 0.593. The van der Waals surface area contributed by atoms with E-state index in [1.165, 1.54) is 5.56 Å². The second-order valence-electron chi connectivity index (χ2n) is 7.68. The van der Waals surface area contributed by atoms with E-state index in [0.717, 1.165) is 29.0 Å². The SMILES string of the molecule is CCc1ccc(NC(=O)C[C@@H](c2ccc(OC)cc2)N2Cc3ccccc3C2=O)cc1. The lowest BCUT2D eigenvalue weighted by atomic mass is 10.0. The molecule has 0 unspecified atom stereocenters. The van der Waals surface area contributed by atoms with Crippen molar-refractivity contribution in [3.05, 3.63) is 95.1 Å². The number of anilines is 1. The summed E-state index contributed by atoms with van der Waals surface area (Å²) in [7, 11) is 1.62. The lowest BCUT2D eigenvalue weighted by molar-refractivity contribution is -0.117. The molecule has 0 aliphatic carbocycles. The number of carbonyl (C=O) groups excluding carboxylic acids is 2. The predicted molar refractivity (Wildman–Crippen MR) is 121 cm³/mol. The van der Waals surface area contributed by atoms with E-state index in [0.29, 0.717) is 12.1 Å². The van der Waals surface area contributed by atoms with Gasteiger partial charge in [0.15, 0.2) is 0 Å². The third-order valence-electron chi connectivity index (χ3n) is 5.75. The zero-order chi connectivity index (χ0) is 21.8. The fourth-order valence-electron chi connectivity index (χ4n) is 3.97. The third-order valence-corrected chi connectivity index (χ3v) is 5.75. The summed E-state index contributed by atoms with van der Waals surface area (Å²) in [6.07, 6.45) is 1.12. The van der Waals surface area contributed by atoms with Gasteiger partial charge in [0.25, 0.3) is 5.91 Å². The number of aryl methyl sites for hydroxylation is 1. The van der Waals surface area contributed by atoms with Crippen LogP contribution < -0.4 is 10.1 Å². The molecule has 4 rings (SSSR count). The number of rotatable bonds is 7. The highest BCUT2D eigenvalue weighted by Crippen LogP contribution is 2.34. The van der Waals surface area contributed by atoms with Gasteiger partial charge in [-0.3, -0.25) is 9.59 Å². The summed E-state index contributed by atoms with van der Waals surface area (Å²) in [4.78, 5) is 27.8. The Labute approximate surface area is 182 Å². The lowest BCUT2D eigenvalue weighted by Gasteiger charge is -2.28. The molecule has 3 aromatic carbocycles. The Morgan fingerprint density at radius 2 is 1.74 bits per heavy atom. The standard InChI is InChI=1S/C26H26N2O3/c1-3-18-8-12-21(13-9-18)27-25(29)16-24(19-10-14-22(31-2)15-11-19)28-17-20-6-4-5-7-23(20)26(28)30/h4-15,24H,3,16-17H2,1-2H3,(H,27,29)/t24-/m0/s1. The van der Waals surface area contributed by atoms with E-state index in [-0.39, 0.29) is 24.3 Å². The molecule has 0 saturated carbocycles. The summed E-state index contributed by atoms with van der Waals surface area (Å²) in [5.74, 6) is 0.560. The highest BCUT2D eigenvalue weighted by molar-refractivity contribution is 5.99. The minimum Gasteiger partial charge on any atom is -0.497 e. The molecule has 2 amide bonds. The zero-order valence-corrected chi connectivity index (χ0v) is 17.8. The van der Waals surface area contributed by atoms with Gasteiger partial charge in [0.05, 0.1) is 19.6 Å². The lowest BCUT2D eigenvalue weighted by Crippen LogP contribution is -2.32. The Hall–Kier alpha value is -3.60. The minimum absolute atomic E-state index is 0.0449. The fourth-order valence-corrected chi connectivity index (χ4v) is 3.97. The first-order valence-electron chi connectivity index (χ1n) is 10.5. The molecular weight excluding hydrogens is 388 g/mol. The van der Waals surface area contributed by atoms with E-state index >= 15 is 0 Å². The number of nitrogens with one attached hydrogen (secondary N) is 1. The van der Waals surface area contributed by atoms with Crippen molar-refractivity contribution >= 4 is 17.5 Å². The summed E-state index contributed by atoms with van der Waals surface area (Å²) in [5.41, 5.74) is 4.57. The van der Waals surface area contributed by atoms with Gasteiger partial charge in [-0.25, -0.2) is 0 Å². The van der Waals surface area contributed by atoms with Crippen LogP contribution in [0.15, 0.2) is 72.8 Å². The van der Waals surface area contributed by atoms with Gasteiger partial charge in [0, 0.05) is 17.8 Å². The molecule has 1 atom stereocenters. The number of amides is 2. The van der Waals surface area contributed by atoms with Crippen LogP contribution in [-0.2, 0) is 17.8 Å². The van der Waals surface area contributed by atoms with Crippen LogP contribution in [0.25, 0.3) is 0 Å². The summed E-state index contributed by atoms with van der Waals surface area (Å²) >= 11 is 0. The summed E-state index contributed by atoms with van der Waals surface area (Å²) in [6.45, 7) is 2.59. The average Bonchev–Trinajstić information content (AvgIpc) is 3.14. The normalized spacial score (nSPS) is 13.6. The van der Waals surface area contributed by atoms with E-state index < -0.39 is 0 Å². The van der Waals surface area contributed by atoms with Gasteiger partial charge in [-0.15, -0.1) is 0 Å². The fraction of sp³-hybridized carbons (Fsp3) is 0.231. The van der Waals surface area contributed by atoms with Crippen molar-refractivity contribution in [3.63, 3.8) is 0 Å². The molecule has 0 radical (unpaired) electrons. The minimum atomic E-state index is -0.374. The number of ether oxygens (including phenoxy) is 1. The van der Waals surface area contributed by atoms with E-state index in [1.807, 2.05) is 72.8 Å². The molecule has 0 spiro atoms. The first kappa shape index (κ1) is 20.7. The topological polar surface area (TPSA) is 58.6 Å². The second kappa shape index (κ2) is 9.04. The van der Waals surface area contributed by atoms with E-state index in [2.05, 4.69) is 12.2 Å². The van der Waals surface area contributed by atoms with Crippen LogP contribution in [0.5, 0.6) is 5.75 Å². The Balaban J connectivity index is 1.57. The van der Waals surface area contributed by atoms with E-state index in [1.54, 1.807) is 12.0 Å². The number of hydrogen-bond acceptors (Lipinski definition) is 3. The monoisotopic (exact) mass is 414 g/mol. The van der Waals surface area contributed by atoms with Crippen LogP contribution in [0.2, 0.25) is 0 Å². The molecule has 1 aliphatic rings. The van der Waals surface area contributed by atoms with Crippen LogP contribution in [-0.4, -0.2) is 23.8 Å². The number of carbonyl (C=O) groups is 2. The van der Waals surface area contributed by atoms with Crippen molar-refractivity contribution in [1.29, 1.82) is 0 Å². The molecule has 5 heteroatoms. The van der Waals surface area contributed by atoms with Crippen molar-refractivity contribution in [2.45, 2.75) is 32.4 Å². The van der Waals surface area contributed by atoms with Crippen LogP contribution >= 0.6 is 0 Å². The predicted octanol–water partition coefficient (Wildman–Crippen LogP) is 4.98. The number of benzene rings is 3. The molecule has 1 N–H and O–H groups in total. The van der Waals surface area contributed by atoms with Crippen molar-refractivity contribution in [3.8, 4) is 5.75 Å². The first-order valence-corrected chi connectivity index (χ1v) is 10.5. The zero-order valence-electron chi connectivity index (χ0n) is 17.8. The Morgan fingerprint density at radius 1 is 1.03 bits per heavy atom. The summed E-state index contributed by atoms with van der Waals surface area (Å²) < 4.78 is 5.27. The maximum Gasteiger partial charge on any atom is 0.255 e. The number of nitrogens with zero attached hydrogens (tertiary/aromatic N) is 1. The molecule has 0 aromatic heterocycles. The molecule has 0 bridgehead atoms. The van der Waals surface area contributed by atoms with Crippen LogP contribution in [0.1, 0.15) is 46.4 Å². The molecule has 1 heterocycles. The maximum absolute atomic E-state index is 13.1. The van der Waals surface area contributed by atoms with Gasteiger partial charge in [0.1, 0.15) is 5.75 Å². The van der Waals surface area contributed by atoms with Crippen LogP contribution in [0.4, 0.5) is 5.69 Å². The average molecular weight is 415 g/mol.